The molecule has 0 unspecified atom stereocenters. The number of benzene rings is 1. The standard InChI is InChI=1S/C19H17N3OS/c23-19(21-10-14-5-2-1-3-6-14)16-9-17(15-7-4-8-20-11-15)22-13-24-12-18(16)22/h1-9,11H,10,12-13H2,(H,21,23). The molecule has 1 aliphatic heterocycles. The van der Waals surface area contributed by atoms with E-state index in [0.29, 0.717) is 6.54 Å². The van der Waals surface area contributed by atoms with Crippen molar-refractivity contribution in [1.29, 1.82) is 0 Å². The van der Waals surface area contributed by atoms with Crippen molar-refractivity contribution in [3.05, 3.63) is 77.7 Å². The van der Waals surface area contributed by atoms with Gasteiger partial charge in [0, 0.05) is 35.9 Å². The van der Waals surface area contributed by atoms with Gasteiger partial charge in [-0.05, 0) is 23.8 Å². The van der Waals surface area contributed by atoms with Crippen molar-refractivity contribution in [3.8, 4) is 11.3 Å². The highest BCUT2D eigenvalue weighted by molar-refractivity contribution is 7.97. The Morgan fingerprint density at radius 1 is 1.21 bits per heavy atom. The SMILES string of the molecule is O=C(NCc1ccccc1)c1cc(-c2cccnc2)n2c1CSC2. The van der Waals surface area contributed by atoms with Crippen molar-refractivity contribution in [1.82, 2.24) is 14.9 Å². The Labute approximate surface area is 144 Å². The zero-order valence-electron chi connectivity index (χ0n) is 13.1. The van der Waals surface area contributed by atoms with E-state index in [1.54, 1.807) is 6.20 Å². The number of fused-ring (bicyclic) bond motifs is 1. The first-order valence-corrected chi connectivity index (χ1v) is 9.01. The maximum Gasteiger partial charge on any atom is 0.253 e. The minimum Gasteiger partial charge on any atom is -0.348 e. The van der Waals surface area contributed by atoms with E-state index in [2.05, 4.69) is 14.9 Å². The van der Waals surface area contributed by atoms with Crippen LogP contribution < -0.4 is 5.32 Å². The Morgan fingerprint density at radius 2 is 2.08 bits per heavy atom. The summed E-state index contributed by atoms with van der Waals surface area (Å²) in [6.07, 6.45) is 3.61. The number of carbonyl (C=O) groups excluding carboxylic acids is 1. The highest BCUT2D eigenvalue weighted by atomic mass is 32.2. The number of amides is 1. The molecule has 1 aromatic carbocycles. The predicted octanol–water partition coefficient (Wildman–Crippen LogP) is 3.68. The first-order chi connectivity index (χ1) is 11.8. The van der Waals surface area contributed by atoms with Gasteiger partial charge in [-0.1, -0.05) is 30.3 Å². The molecule has 1 N–H and O–H groups in total. The van der Waals surface area contributed by atoms with Crippen LogP contribution in [0.5, 0.6) is 0 Å². The van der Waals surface area contributed by atoms with Crippen LogP contribution in [0, 0.1) is 0 Å². The molecule has 0 bridgehead atoms. The third-order valence-corrected chi connectivity index (χ3v) is 5.08. The average molecular weight is 335 g/mol. The molecule has 4 nitrogen and oxygen atoms in total. The van der Waals surface area contributed by atoms with E-state index in [1.165, 1.54) is 0 Å². The smallest absolute Gasteiger partial charge is 0.253 e. The molecule has 0 radical (unpaired) electrons. The Kier molecular flexibility index (Phi) is 4.09. The van der Waals surface area contributed by atoms with E-state index in [1.807, 2.05) is 66.5 Å². The Balaban J connectivity index is 1.60. The van der Waals surface area contributed by atoms with Crippen LogP contribution in [0.25, 0.3) is 11.3 Å². The van der Waals surface area contributed by atoms with Crippen LogP contribution in [0.1, 0.15) is 21.6 Å². The van der Waals surface area contributed by atoms with Crippen molar-refractivity contribution in [3.63, 3.8) is 0 Å². The van der Waals surface area contributed by atoms with Crippen LogP contribution in [-0.2, 0) is 18.2 Å². The number of pyridine rings is 1. The van der Waals surface area contributed by atoms with E-state index in [0.717, 1.165) is 39.7 Å². The van der Waals surface area contributed by atoms with Crippen LogP contribution in [0.15, 0.2) is 60.9 Å². The fraction of sp³-hybridized carbons (Fsp3) is 0.158. The number of nitrogens with one attached hydrogen (secondary N) is 1. The molecule has 5 heteroatoms. The summed E-state index contributed by atoms with van der Waals surface area (Å²) in [5, 5.41) is 3.03. The van der Waals surface area contributed by atoms with Crippen molar-refractivity contribution in [2.24, 2.45) is 0 Å². The van der Waals surface area contributed by atoms with Gasteiger partial charge in [0.25, 0.3) is 5.91 Å². The number of thioether (sulfide) groups is 1. The molecule has 2 aromatic heterocycles. The van der Waals surface area contributed by atoms with Crippen LogP contribution >= 0.6 is 11.8 Å². The molecule has 0 aliphatic carbocycles. The normalized spacial score (nSPS) is 12.8. The summed E-state index contributed by atoms with van der Waals surface area (Å²) in [4.78, 5) is 16.9. The topological polar surface area (TPSA) is 46.9 Å². The molecule has 0 saturated carbocycles. The first kappa shape index (κ1) is 15.0. The highest BCUT2D eigenvalue weighted by Crippen LogP contribution is 2.34. The molecule has 1 aliphatic rings. The van der Waals surface area contributed by atoms with Crippen molar-refractivity contribution in [2.45, 2.75) is 18.2 Å². The van der Waals surface area contributed by atoms with Gasteiger partial charge in [0.05, 0.1) is 17.1 Å². The fourth-order valence-corrected chi connectivity index (χ4v) is 4.02. The minimum absolute atomic E-state index is 0.0137. The molecular formula is C19H17N3OS. The second kappa shape index (κ2) is 6.53. The second-order valence-electron chi connectivity index (χ2n) is 5.71. The Morgan fingerprint density at radius 3 is 2.88 bits per heavy atom. The zero-order valence-corrected chi connectivity index (χ0v) is 13.9. The van der Waals surface area contributed by atoms with Crippen LogP contribution in [0.3, 0.4) is 0 Å². The van der Waals surface area contributed by atoms with Gasteiger partial charge >= 0.3 is 0 Å². The van der Waals surface area contributed by atoms with Crippen molar-refractivity contribution in [2.75, 3.05) is 0 Å². The van der Waals surface area contributed by atoms with Crippen LogP contribution in [-0.4, -0.2) is 15.5 Å². The van der Waals surface area contributed by atoms with E-state index in [-0.39, 0.29) is 5.91 Å². The van der Waals surface area contributed by atoms with E-state index in [4.69, 9.17) is 0 Å². The van der Waals surface area contributed by atoms with Gasteiger partial charge in [0.2, 0.25) is 0 Å². The first-order valence-electron chi connectivity index (χ1n) is 7.85. The molecule has 0 spiro atoms. The largest absolute Gasteiger partial charge is 0.348 e. The molecule has 0 fully saturated rings. The van der Waals surface area contributed by atoms with Gasteiger partial charge in [-0.3, -0.25) is 9.78 Å². The van der Waals surface area contributed by atoms with E-state index >= 15 is 0 Å². The fourth-order valence-electron chi connectivity index (χ4n) is 2.95. The van der Waals surface area contributed by atoms with Crippen molar-refractivity contribution >= 4 is 17.7 Å². The van der Waals surface area contributed by atoms with Gasteiger partial charge < -0.3 is 9.88 Å². The van der Waals surface area contributed by atoms with Gasteiger partial charge in [-0.2, -0.15) is 0 Å². The molecule has 3 heterocycles. The summed E-state index contributed by atoms with van der Waals surface area (Å²) in [5.74, 6) is 1.74. The minimum atomic E-state index is -0.0137. The van der Waals surface area contributed by atoms with Gasteiger partial charge in [-0.15, -0.1) is 11.8 Å². The molecule has 1 amide bonds. The predicted molar refractivity (Wildman–Crippen MR) is 96.6 cm³/mol. The lowest BCUT2D eigenvalue weighted by atomic mass is 10.1. The summed E-state index contributed by atoms with van der Waals surface area (Å²) < 4.78 is 2.22. The molecule has 4 rings (SSSR count). The van der Waals surface area contributed by atoms with Gasteiger partial charge in [0.15, 0.2) is 0 Å². The molecule has 120 valence electrons. The molecular weight excluding hydrogens is 318 g/mol. The number of hydrogen-bond acceptors (Lipinski definition) is 3. The van der Waals surface area contributed by atoms with E-state index in [9.17, 15) is 4.79 Å². The number of hydrogen-bond donors (Lipinski definition) is 1. The highest BCUT2D eigenvalue weighted by Gasteiger charge is 2.24. The number of rotatable bonds is 4. The molecule has 24 heavy (non-hydrogen) atoms. The zero-order chi connectivity index (χ0) is 16.4. The van der Waals surface area contributed by atoms with Crippen molar-refractivity contribution < 1.29 is 4.79 Å². The maximum atomic E-state index is 12.7. The summed E-state index contributed by atoms with van der Waals surface area (Å²) in [5.41, 5.74) is 5.08. The average Bonchev–Trinajstić information content (AvgIpc) is 3.24. The van der Waals surface area contributed by atoms with Gasteiger partial charge in [0.1, 0.15) is 0 Å². The molecule has 0 atom stereocenters. The monoisotopic (exact) mass is 335 g/mol. The molecule has 0 saturated heterocycles. The van der Waals surface area contributed by atoms with E-state index < -0.39 is 0 Å². The summed E-state index contributed by atoms with van der Waals surface area (Å²) in [6.45, 7) is 0.541. The Bertz CT molecular complexity index is 859. The second-order valence-corrected chi connectivity index (χ2v) is 6.66. The third-order valence-electron chi connectivity index (χ3n) is 4.17. The molecule has 3 aromatic rings. The van der Waals surface area contributed by atoms with Crippen LogP contribution in [0.2, 0.25) is 0 Å². The number of carbonyl (C=O) groups is 1. The Hall–Kier alpha value is -2.53. The quantitative estimate of drug-likeness (QED) is 0.791. The van der Waals surface area contributed by atoms with Gasteiger partial charge in [-0.25, -0.2) is 0 Å². The summed E-state index contributed by atoms with van der Waals surface area (Å²) >= 11 is 1.83. The summed E-state index contributed by atoms with van der Waals surface area (Å²) in [6, 6.07) is 15.9. The summed E-state index contributed by atoms with van der Waals surface area (Å²) in [7, 11) is 0. The number of nitrogens with zero attached hydrogens (tertiary/aromatic N) is 2. The maximum absolute atomic E-state index is 12.7. The lowest BCUT2D eigenvalue weighted by Gasteiger charge is -2.05. The lowest BCUT2D eigenvalue weighted by molar-refractivity contribution is 0.0950. The number of aromatic nitrogens is 2. The van der Waals surface area contributed by atoms with Crippen LogP contribution in [0.4, 0.5) is 0 Å². The lowest BCUT2D eigenvalue weighted by Crippen LogP contribution is -2.23. The third kappa shape index (κ3) is 2.83.